The van der Waals surface area contributed by atoms with Gasteiger partial charge in [-0.15, -0.1) is 0 Å². The maximum absolute atomic E-state index is 13.8. The quantitative estimate of drug-likeness (QED) is 0.0486. The molecule has 0 unspecified atom stereocenters. The summed E-state index contributed by atoms with van der Waals surface area (Å²) in [4.78, 5) is 40.4. The van der Waals surface area contributed by atoms with Crippen molar-refractivity contribution in [3.8, 4) is 0 Å². The highest BCUT2D eigenvalue weighted by molar-refractivity contribution is 5.85. The van der Waals surface area contributed by atoms with Gasteiger partial charge in [-0.2, -0.15) is 0 Å². The molecule has 0 saturated heterocycles. The van der Waals surface area contributed by atoms with E-state index in [0.29, 0.717) is 31.5 Å². The summed E-state index contributed by atoms with van der Waals surface area (Å²) in [5, 5.41) is 3.02. The Labute approximate surface area is 393 Å². The number of amides is 1. The van der Waals surface area contributed by atoms with Crippen molar-refractivity contribution >= 4 is 17.8 Å². The summed E-state index contributed by atoms with van der Waals surface area (Å²) in [6.45, 7) is 12.2. The van der Waals surface area contributed by atoms with E-state index in [-0.39, 0.29) is 30.7 Å². The molecule has 0 heterocycles. The molecular formula is C57H111NO5. The zero-order valence-electron chi connectivity index (χ0n) is 43.3. The zero-order chi connectivity index (χ0) is 46.1. The van der Waals surface area contributed by atoms with E-state index in [0.717, 1.165) is 44.9 Å². The van der Waals surface area contributed by atoms with Crippen LogP contribution in [-0.2, 0) is 23.9 Å². The number of carbonyl (C=O) groups excluding carboxylic acids is 3. The van der Waals surface area contributed by atoms with Crippen molar-refractivity contribution in [3.05, 3.63) is 0 Å². The van der Waals surface area contributed by atoms with Crippen molar-refractivity contribution in [3.63, 3.8) is 0 Å². The van der Waals surface area contributed by atoms with E-state index in [1.165, 1.54) is 218 Å². The van der Waals surface area contributed by atoms with Crippen molar-refractivity contribution in [2.75, 3.05) is 13.2 Å². The summed E-state index contributed by atoms with van der Waals surface area (Å²) in [7, 11) is 0. The molecule has 0 saturated carbocycles. The van der Waals surface area contributed by atoms with Crippen LogP contribution in [0.25, 0.3) is 0 Å². The molecule has 1 N–H and O–H groups in total. The Morgan fingerprint density at radius 2 is 0.619 bits per heavy atom. The Morgan fingerprint density at radius 1 is 0.333 bits per heavy atom. The molecule has 0 aliphatic heterocycles. The first-order valence-electron chi connectivity index (χ1n) is 28.5. The van der Waals surface area contributed by atoms with Gasteiger partial charge in [-0.1, -0.05) is 266 Å². The summed E-state index contributed by atoms with van der Waals surface area (Å²) in [5.74, 6) is -0.0294. The van der Waals surface area contributed by atoms with Gasteiger partial charge in [0.15, 0.2) is 0 Å². The fourth-order valence-electron chi connectivity index (χ4n) is 9.14. The minimum atomic E-state index is -0.822. The highest BCUT2D eigenvalue weighted by Gasteiger charge is 2.25. The molecule has 1 amide bonds. The number of ether oxygens (including phenoxy) is 2. The molecule has 0 rings (SSSR count). The molecule has 0 spiro atoms. The number of unbranched alkanes of at least 4 members (excludes halogenated alkanes) is 32. The Morgan fingerprint density at radius 3 is 0.952 bits per heavy atom. The highest BCUT2D eigenvalue weighted by Crippen LogP contribution is 2.23. The van der Waals surface area contributed by atoms with Crippen LogP contribution in [0, 0.1) is 11.8 Å². The normalized spacial score (nSPS) is 12.9. The molecule has 0 aliphatic rings. The fourth-order valence-corrected chi connectivity index (χ4v) is 9.14. The zero-order valence-corrected chi connectivity index (χ0v) is 43.3. The number of rotatable bonds is 51. The summed E-state index contributed by atoms with van der Waals surface area (Å²) in [6.07, 6.45) is 51.8. The molecule has 0 fully saturated rings. The lowest BCUT2D eigenvalue weighted by molar-refractivity contribution is -0.150. The molecule has 0 aromatic heterocycles. The monoisotopic (exact) mass is 890 g/mol. The predicted octanol–water partition coefficient (Wildman–Crippen LogP) is 18.1. The number of carbonyl (C=O) groups is 3. The van der Waals surface area contributed by atoms with Crippen LogP contribution >= 0.6 is 0 Å². The van der Waals surface area contributed by atoms with Gasteiger partial charge in [0.05, 0.1) is 13.2 Å². The number of nitrogens with one attached hydrogen (secondary N) is 1. The van der Waals surface area contributed by atoms with Gasteiger partial charge in [-0.25, -0.2) is 4.79 Å². The molecule has 0 radical (unpaired) electrons. The van der Waals surface area contributed by atoms with Crippen LogP contribution in [0.2, 0.25) is 0 Å². The van der Waals surface area contributed by atoms with E-state index < -0.39 is 6.04 Å². The molecule has 3 atom stereocenters. The lowest BCUT2D eigenvalue weighted by atomic mass is 9.94. The fraction of sp³-hybridized carbons (Fsp3) is 0.947. The smallest absolute Gasteiger partial charge is 0.328 e. The van der Waals surface area contributed by atoms with E-state index in [2.05, 4.69) is 39.9 Å². The Hall–Kier alpha value is -1.59. The highest BCUT2D eigenvalue weighted by atomic mass is 16.5. The van der Waals surface area contributed by atoms with E-state index >= 15 is 0 Å². The third-order valence-corrected chi connectivity index (χ3v) is 13.6. The van der Waals surface area contributed by atoms with Gasteiger partial charge in [0.25, 0.3) is 0 Å². The van der Waals surface area contributed by atoms with Gasteiger partial charge in [0.2, 0.25) is 5.91 Å². The van der Waals surface area contributed by atoms with E-state index in [4.69, 9.17) is 9.47 Å². The topological polar surface area (TPSA) is 81.7 Å². The van der Waals surface area contributed by atoms with Crippen LogP contribution < -0.4 is 5.32 Å². The molecule has 0 bridgehead atoms. The summed E-state index contributed by atoms with van der Waals surface area (Å²) >= 11 is 0. The van der Waals surface area contributed by atoms with Gasteiger partial charge in [-0.3, -0.25) is 9.59 Å². The van der Waals surface area contributed by atoms with Gasteiger partial charge < -0.3 is 14.8 Å². The van der Waals surface area contributed by atoms with Crippen LogP contribution in [0.4, 0.5) is 0 Å². The van der Waals surface area contributed by atoms with Crippen molar-refractivity contribution < 1.29 is 23.9 Å². The van der Waals surface area contributed by atoms with Crippen LogP contribution in [0.1, 0.15) is 317 Å². The van der Waals surface area contributed by atoms with E-state index in [1.54, 1.807) is 0 Å². The molecule has 0 aromatic rings. The Bertz CT molecular complexity index is 970. The van der Waals surface area contributed by atoms with Crippen LogP contribution in [0.3, 0.4) is 0 Å². The molecule has 374 valence electrons. The average Bonchev–Trinajstić information content (AvgIpc) is 3.28. The molecule has 63 heavy (non-hydrogen) atoms. The molecule has 0 aliphatic carbocycles. The lowest BCUT2D eigenvalue weighted by Crippen LogP contribution is -2.42. The van der Waals surface area contributed by atoms with Gasteiger partial charge in [-0.05, 0) is 50.4 Å². The molecular weight excluding hydrogens is 779 g/mol. The maximum Gasteiger partial charge on any atom is 0.328 e. The second-order valence-corrected chi connectivity index (χ2v) is 19.9. The molecule has 6 nitrogen and oxygen atoms in total. The first-order valence-corrected chi connectivity index (χ1v) is 28.5. The standard InChI is InChI=1S/C57H111NO5/c1-6-11-16-21-26-29-32-37-42-47-55(59)58-54(57(61)63-51-53(45-39-34-25-20-15-10-5)46-41-36-31-28-23-18-13-8-3)48-49-56(60)62-50-52(43-38-33-24-19-14-9-4)44-40-35-30-27-22-17-12-7-2/h52-54H,6-51H2,1-5H3,(H,58,59)/t52-,53-,54-/m0/s1. The second-order valence-electron chi connectivity index (χ2n) is 19.9. The van der Waals surface area contributed by atoms with Crippen LogP contribution in [0.5, 0.6) is 0 Å². The molecule has 0 aromatic carbocycles. The number of hydrogen-bond donors (Lipinski definition) is 1. The third kappa shape index (κ3) is 44.0. The van der Waals surface area contributed by atoms with Crippen molar-refractivity contribution in [2.24, 2.45) is 11.8 Å². The average molecular weight is 891 g/mol. The maximum atomic E-state index is 13.8. The minimum Gasteiger partial charge on any atom is -0.465 e. The predicted molar refractivity (Wildman–Crippen MR) is 272 cm³/mol. The van der Waals surface area contributed by atoms with Crippen molar-refractivity contribution in [1.82, 2.24) is 5.32 Å². The largest absolute Gasteiger partial charge is 0.465 e. The molecule has 6 heteroatoms. The van der Waals surface area contributed by atoms with Crippen LogP contribution in [0.15, 0.2) is 0 Å². The van der Waals surface area contributed by atoms with Crippen LogP contribution in [-0.4, -0.2) is 37.1 Å². The Kier molecular flexibility index (Phi) is 48.6. The SMILES string of the molecule is CCCCCCCCCCCC(=O)N[C@@H](CCC(=O)OC[C@@H](CCCCCCCC)CCCCCCCCCC)C(=O)OC[C@@H](CCCCCCCC)CCCCCCCCCC. The lowest BCUT2D eigenvalue weighted by Gasteiger charge is -2.21. The minimum absolute atomic E-state index is 0.110. The summed E-state index contributed by atoms with van der Waals surface area (Å²) in [6, 6.07) is -0.822. The van der Waals surface area contributed by atoms with Gasteiger partial charge in [0, 0.05) is 12.8 Å². The number of hydrogen-bond acceptors (Lipinski definition) is 5. The Balaban J connectivity index is 5.41. The van der Waals surface area contributed by atoms with Crippen molar-refractivity contribution in [2.45, 2.75) is 323 Å². The number of esters is 2. The summed E-state index contributed by atoms with van der Waals surface area (Å²) < 4.78 is 12.0. The van der Waals surface area contributed by atoms with E-state index in [1.807, 2.05) is 0 Å². The first-order chi connectivity index (χ1) is 30.9. The second kappa shape index (κ2) is 49.8. The third-order valence-electron chi connectivity index (χ3n) is 13.6. The van der Waals surface area contributed by atoms with Crippen molar-refractivity contribution in [1.29, 1.82) is 0 Å². The van der Waals surface area contributed by atoms with Gasteiger partial charge in [0.1, 0.15) is 6.04 Å². The van der Waals surface area contributed by atoms with E-state index in [9.17, 15) is 14.4 Å². The summed E-state index contributed by atoms with van der Waals surface area (Å²) in [5.41, 5.74) is 0. The van der Waals surface area contributed by atoms with Gasteiger partial charge >= 0.3 is 11.9 Å². The first kappa shape index (κ1) is 61.4.